The largest absolute Gasteiger partial charge is 0.383 e. The Bertz CT molecular complexity index is 614. The summed E-state index contributed by atoms with van der Waals surface area (Å²) < 4.78 is 0. The zero-order valence-corrected chi connectivity index (χ0v) is 14.4. The van der Waals surface area contributed by atoms with Crippen molar-refractivity contribution in [2.45, 2.75) is 39.7 Å². The van der Waals surface area contributed by atoms with E-state index < -0.39 is 17.2 Å². The molecule has 0 saturated heterocycles. The fourth-order valence-electron chi connectivity index (χ4n) is 2.00. The third-order valence-corrected chi connectivity index (χ3v) is 3.81. The van der Waals surface area contributed by atoms with E-state index in [0.717, 1.165) is 5.69 Å². The van der Waals surface area contributed by atoms with Crippen molar-refractivity contribution >= 4 is 23.4 Å². The number of rotatable bonds is 9. The van der Waals surface area contributed by atoms with Gasteiger partial charge in [0.15, 0.2) is 0 Å². The zero-order chi connectivity index (χ0) is 18.3. The number of hydrogen-bond donors (Lipinski definition) is 4. The lowest BCUT2D eigenvalue weighted by Gasteiger charge is -2.21. The van der Waals surface area contributed by atoms with Gasteiger partial charge in [0.1, 0.15) is 0 Å². The van der Waals surface area contributed by atoms with Crippen LogP contribution in [0, 0.1) is 5.41 Å². The predicted molar refractivity (Wildman–Crippen MR) is 93.3 cm³/mol. The quantitative estimate of drug-likeness (QED) is 0.537. The molecule has 7 nitrogen and oxygen atoms in total. The predicted octanol–water partition coefficient (Wildman–Crippen LogP) is 0.994. The minimum atomic E-state index is -0.700. The highest BCUT2D eigenvalue weighted by atomic mass is 16.2. The van der Waals surface area contributed by atoms with Gasteiger partial charge < -0.3 is 22.1 Å². The molecule has 24 heavy (non-hydrogen) atoms. The normalized spacial score (nSPS) is 12.3. The highest BCUT2D eigenvalue weighted by Gasteiger charge is 2.25. The lowest BCUT2D eigenvalue weighted by molar-refractivity contribution is -0.127. The minimum Gasteiger partial charge on any atom is -0.383 e. The average molecular weight is 334 g/mol. The molecule has 0 saturated carbocycles. The molecule has 1 rings (SSSR count). The molecular formula is C17H26N4O3. The second-order valence-electron chi connectivity index (χ2n) is 6.54. The third-order valence-electron chi connectivity index (χ3n) is 3.81. The van der Waals surface area contributed by atoms with Gasteiger partial charge in [-0.3, -0.25) is 14.4 Å². The van der Waals surface area contributed by atoms with Crippen molar-refractivity contribution in [3.05, 3.63) is 29.8 Å². The molecule has 132 valence electrons. The summed E-state index contributed by atoms with van der Waals surface area (Å²) in [5.41, 5.74) is 11.0. The van der Waals surface area contributed by atoms with Gasteiger partial charge in [-0.25, -0.2) is 0 Å². The van der Waals surface area contributed by atoms with E-state index in [1.54, 1.807) is 32.0 Å². The lowest BCUT2D eigenvalue weighted by atomic mass is 9.87. The van der Waals surface area contributed by atoms with Gasteiger partial charge in [-0.2, -0.15) is 0 Å². The fraction of sp³-hybridized carbons (Fsp3) is 0.471. The SMILES string of the molecule is C[C@@H](CNc1cccc(C(N)=O)c1)NC(=O)CCC(C)(C)C(N)=O. The highest BCUT2D eigenvalue weighted by Crippen LogP contribution is 2.21. The summed E-state index contributed by atoms with van der Waals surface area (Å²) in [5.74, 6) is -1.04. The molecule has 1 atom stereocenters. The van der Waals surface area contributed by atoms with Crippen LogP contribution in [0.15, 0.2) is 24.3 Å². The molecule has 0 fully saturated rings. The van der Waals surface area contributed by atoms with Crippen molar-refractivity contribution < 1.29 is 14.4 Å². The second kappa shape index (κ2) is 8.33. The van der Waals surface area contributed by atoms with Crippen LogP contribution in [0.4, 0.5) is 5.69 Å². The molecule has 0 spiro atoms. The van der Waals surface area contributed by atoms with Gasteiger partial charge in [-0.05, 0) is 31.5 Å². The van der Waals surface area contributed by atoms with Gasteiger partial charge in [-0.15, -0.1) is 0 Å². The molecular weight excluding hydrogens is 308 g/mol. The topological polar surface area (TPSA) is 127 Å². The molecule has 6 N–H and O–H groups in total. The van der Waals surface area contributed by atoms with Crippen LogP contribution in [0.2, 0.25) is 0 Å². The van der Waals surface area contributed by atoms with E-state index >= 15 is 0 Å². The van der Waals surface area contributed by atoms with Crippen LogP contribution in [-0.2, 0) is 9.59 Å². The molecule has 0 aliphatic heterocycles. The van der Waals surface area contributed by atoms with Crippen LogP contribution in [0.3, 0.4) is 0 Å². The maximum atomic E-state index is 11.9. The Morgan fingerprint density at radius 1 is 1.21 bits per heavy atom. The Balaban J connectivity index is 2.42. The highest BCUT2D eigenvalue weighted by molar-refractivity contribution is 5.93. The smallest absolute Gasteiger partial charge is 0.248 e. The van der Waals surface area contributed by atoms with Gasteiger partial charge in [0.2, 0.25) is 17.7 Å². The average Bonchev–Trinajstić information content (AvgIpc) is 2.51. The summed E-state index contributed by atoms with van der Waals surface area (Å²) in [6.07, 6.45) is 0.631. The summed E-state index contributed by atoms with van der Waals surface area (Å²) in [5, 5.41) is 5.99. The summed E-state index contributed by atoms with van der Waals surface area (Å²) in [7, 11) is 0. The maximum absolute atomic E-state index is 11.9. The maximum Gasteiger partial charge on any atom is 0.248 e. The lowest BCUT2D eigenvalue weighted by Crippen LogP contribution is -2.39. The van der Waals surface area contributed by atoms with Gasteiger partial charge in [-0.1, -0.05) is 19.9 Å². The number of carbonyl (C=O) groups excluding carboxylic acids is 3. The van der Waals surface area contributed by atoms with E-state index in [0.29, 0.717) is 18.5 Å². The number of benzene rings is 1. The Hall–Kier alpha value is -2.57. The first kappa shape index (κ1) is 19.5. The van der Waals surface area contributed by atoms with E-state index in [-0.39, 0.29) is 18.4 Å². The number of primary amides is 2. The Labute approximate surface area is 142 Å². The monoisotopic (exact) mass is 334 g/mol. The second-order valence-corrected chi connectivity index (χ2v) is 6.54. The Kier molecular flexibility index (Phi) is 6.76. The summed E-state index contributed by atoms with van der Waals surface area (Å²) in [6, 6.07) is 6.73. The summed E-state index contributed by atoms with van der Waals surface area (Å²) in [6.45, 7) is 5.80. The van der Waals surface area contributed by atoms with Crippen LogP contribution in [0.5, 0.6) is 0 Å². The zero-order valence-electron chi connectivity index (χ0n) is 14.4. The molecule has 1 aromatic rings. The van der Waals surface area contributed by atoms with Gasteiger partial charge in [0, 0.05) is 35.7 Å². The van der Waals surface area contributed by atoms with Crippen molar-refractivity contribution in [3.63, 3.8) is 0 Å². The summed E-state index contributed by atoms with van der Waals surface area (Å²) in [4.78, 5) is 34.3. The number of anilines is 1. The number of nitrogens with two attached hydrogens (primary N) is 2. The summed E-state index contributed by atoms with van der Waals surface area (Å²) >= 11 is 0. The van der Waals surface area contributed by atoms with E-state index in [1.165, 1.54) is 0 Å². The number of nitrogens with one attached hydrogen (secondary N) is 2. The molecule has 0 aromatic heterocycles. The molecule has 0 unspecified atom stereocenters. The third kappa shape index (κ3) is 6.28. The Morgan fingerprint density at radius 3 is 2.46 bits per heavy atom. The van der Waals surface area contributed by atoms with Crippen LogP contribution in [-0.4, -0.2) is 30.3 Å². The van der Waals surface area contributed by atoms with E-state index in [9.17, 15) is 14.4 Å². The molecule has 0 aliphatic carbocycles. The molecule has 3 amide bonds. The van der Waals surface area contributed by atoms with Crippen LogP contribution in [0.1, 0.15) is 44.0 Å². The van der Waals surface area contributed by atoms with Crippen molar-refractivity contribution in [2.24, 2.45) is 16.9 Å². The molecule has 1 aromatic carbocycles. The van der Waals surface area contributed by atoms with Gasteiger partial charge in [0.05, 0.1) is 0 Å². The number of carbonyl (C=O) groups is 3. The number of amides is 3. The van der Waals surface area contributed by atoms with Crippen molar-refractivity contribution in [1.82, 2.24) is 5.32 Å². The molecule has 0 radical (unpaired) electrons. The van der Waals surface area contributed by atoms with E-state index in [1.807, 2.05) is 13.0 Å². The van der Waals surface area contributed by atoms with Crippen molar-refractivity contribution in [1.29, 1.82) is 0 Å². The van der Waals surface area contributed by atoms with E-state index in [2.05, 4.69) is 10.6 Å². The number of hydrogen-bond acceptors (Lipinski definition) is 4. The van der Waals surface area contributed by atoms with Gasteiger partial charge in [0.25, 0.3) is 0 Å². The van der Waals surface area contributed by atoms with Crippen LogP contribution < -0.4 is 22.1 Å². The van der Waals surface area contributed by atoms with Crippen molar-refractivity contribution in [2.75, 3.05) is 11.9 Å². The Morgan fingerprint density at radius 2 is 1.88 bits per heavy atom. The van der Waals surface area contributed by atoms with E-state index in [4.69, 9.17) is 11.5 Å². The first-order chi connectivity index (χ1) is 11.1. The molecule has 7 heteroatoms. The first-order valence-corrected chi connectivity index (χ1v) is 7.85. The van der Waals surface area contributed by atoms with Gasteiger partial charge >= 0.3 is 0 Å². The minimum absolute atomic E-state index is 0.119. The van der Waals surface area contributed by atoms with Crippen LogP contribution >= 0.6 is 0 Å². The standard InChI is InChI=1S/C17H26N4O3/c1-11(21-14(22)7-8-17(2,3)16(19)24)10-20-13-6-4-5-12(9-13)15(18)23/h4-6,9,11,20H,7-8,10H2,1-3H3,(H2,18,23)(H2,19,24)(H,21,22)/t11-/m0/s1. The van der Waals surface area contributed by atoms with Crippen molar-refractivity contribution in [3.8, 4) is 0 Å². The molecule has 0 bridgehead atoms. The molecule has 0 aliphatic rings. The first-order valence-electron chi connectivity index (χ1n) is 7.85. The fourth-order valence-corrected chi connectivity index (χ4v) is 2.00. The molecule has 0 heterocycles. The van der Waals surface area contributed by atoms with Crippen LogP contribution in [0.25, 0.3) is 0 Å².